The number of hydrogen-bond donors (Lipinski definition) is 1. The van der Waals surface area contributed by atoms with Gasteiger partial charge in [0.15, 0.2) is 0 Å². The van der Waals surface area contributed by atoms with Crippen LogP contribution in [0.3, 0.4) is 0 Å². The molecular formula is C12H8Cl4N2O2S. The highest BCUT2D eigenvalue weighted by atomic mass is 35.5. The maximum Gasteiger partial charge on any atom is 0.276 e. The van der Waals surface area contributed by atoms with Gasteiger partial charge in [0.1, 0.15) is 5.71 Å². The molecule has 1 N–H and O–H groups in total. The van der Waals surface area contributed by atoms with Gasteiger partial charge in [-0.05, 0) is 19.1 Å². The fourth-order valence-corrected chi connectivity index (χ4v) is 3.26. The Morgan fingerprint density at radius 1 is 0.905 bits per heavy atom. The van der Waals surface area contributed by atoms with Crippen LogP contribution in [0.5, 0.6) is 0 Å². The van der Waals surface area contributed by atoms with Crippen molar-refractivity contribution >= 4 is 62.1 Å². The SMILES string of the molecule is Cc1ccc(S(=O)(=O)NN=C2C(Cl)=C(Cl)C(Cl)=C2Cl)cc1. The van der Waals surface area contributed by atoms with Crippen molar-refractivity contribution in [1.29, 1.82) is 0 Å². The molecule has 0 saturated heterocycles. The van der Waals surface area contributed by atoms with Crippen LogP contribution in [0.25, 0.3) is 0 Å². The number of nitrogens with zero attached hydrogens (tertiary/aromatic N) is 1. The standard InChI is InChI=1S/C12H8Cl4N2O2S/c1-6-2-4-7(5-3-6)21(19,20)18-17-12-10(15)8(13)9(14)11(12)16/h2-5,18H,1H3. The lowest BCUT2D eigenvalue weighted by atomic mass is 10.2. The van der Waals surface area contributed by atoms with Crippen molar-refractivity contribution in [2.75, 3.05) is 0 Å². The molecule has 112 valence electrons. The lowest BCUT2D eigenvalue weighted by Crippen LogP contribution is -2.20. The van der Waals surface area contributed by atoms with E-state index >= 15 is 0 Å². The average molecular weight is 386 g/mol. The summed E-state index contributed by atoms with van der Waals surface area (Å²) in [6.45, 7) is 1.85. The van der Waals surface area contributed by atoms with Crippen molar-refractivity contribution < 1.29 is 8.42 Å². The van der Waals surface area contributed by atoms with Crippen molar-refractivity contribution in [2.24, 2.45) is 5.10 Å². The zero-order valence-corrected chi connectivity index (χ0v) is 14.3. The van der Waals surface area contributed by atoms with E-state index in [9.17, 15) is 8.42 Å². The Morgan fingerprint density at radius 3 is 1.86 bits per heavy atom. The molecule has 0 aliphatic heterocycles. The summed E-state index contributed by atoms with van der Waals surface area (Å²) in [5, 5.41) is 3.71. The quantitative estimate of drug-likeness (QED) is 0.798. The number of halogens is 4. The molecule has 4 nitrogen and oxygen atoms in total. The summed E-state index contributed by atoms with van der Waals surface area (Å²) in [5.74, 6) is 0. The first-order chi connectivity index (χ1) is 9.74. The van der Waals surface area contributed by atoms with Crippen LogP contribution >= 0.6 is 46.4 Å². The summed E-state index contributed by atoms with van der Waals surface area (Å²) in [5.41, 5.74) is 0.913. The molecule has 1 aliphatic carbocycles. The number of benzene rings is 1. The topological polar surface area (TPSA) is 58.5 Å². The summed E-state index contributed by atoms with van der Waals surface area (Å²) in [6.07, 6.45) is 0. The lowest BCUT2D eigenvalue weighted by Gasteiger charge is -2.05. The maximum atomic E-state index is 12.1. The van der Waals surface area contributed by atoms with E-state index in [0.29, 0.717) is 0 Å². The number of allylic oxidation sites excluding steroid dienone is 4. The van der Waals surface area contributed by atoms with Gasteiger partial charge in [0.05, 0.1) is 25.0 Å². The van der Waals surface area contributed by atoms with Crippen LogP contribution in [-0.4, -0.2) is 14.1 Å². The Hall–Kier alpha value is -0.720. The largest absolute Gasteiger partial charge is 0.276 e. The molecular weight excluding hydrogens is 378 g/mol. The van der Waals surface area contributed by atoms with Crippen molar-refractivity contribution in [2.45, 2.75) is 11.8 Å². The molecule has 0 radical (unpaired) electrons. The molecule has 0 spiro atoms. The Bertz CT molecular complexity index is 754. The first kappa shape index (κ1) is 16.6. The maximum absolute atomic E-state index is 12.1. The zero-order valence-electron chi connectivity index (χ0n) is 10.5. The number of hydrazone groups is 1. The molecule has 1 aromatic carbocycles. The Labute approximate surface area is 142 Å². The highest BCUT2D eigenvalue weighted by Gasteiger charge is 2.27. The van der Waals surface area contributed by atoms with E-state index in [0.717, 1.165) is 5.56 Å². The number of hydrogen-bond acceptors (Lipinski definition) is 3. The van der Waals surface area contributed by atoms with Crippen LogP contribution in [0.2, 0.25) is 0 Å². The monoisotopic (exact) mass is 384 g/mol. The van der Waals surface area contributed by atoms with Crippen LogP contribution in [0.15, 0.2) is 54.4 Å². The molecule has 0 bridgehead atoms. The number of nitrogens with one attached hydrogen (secondary N) is 1. The summed E-state index contributed by atoms with van der Waals surface area (Å²) in [4.78, 5) is 2.11. The average Bonchev–Trinajstić information content (AvgIpc) is 2.62. The number of aryl methyl sites for hydroxylation is 1. The number of sulfonamides is 1. The van der Waals surface area contributed by atoms with Gasteiger partial charge < -0.3 is 0 Å². The predicted molar refractivity (Wildman–Crippen MR) is 86.4 cm³/mol. The molecule has 2 rings (SSSR count). The van der Waals surface area contributed by atoms with Gasteiger partial charge in [-0.25, -0.2) is 0 Å². The van der Waals surface area contributed by atoms with Gasteiger partial charge in [0.2, 0.25) is 0 Å². The summed E-state index contributed by atoms with van der Waals surface area (Å²) < 4.78 is 24.1. The van der Waals surface area contributed by atoms with Gasteiger partial charge in [-0.3, -0.25) is 0 Å². The molecule has 0 heterocycles. The van der Waals surface area contributed by atoms with Gasteiger partial charge >= 0.3 is 0 Å². The predicted octanol–water partition coefficient (Wildman–Crippen LogP) is 4.02. The molecule has 0 atom stereocenters. The third kappa shape index (κ3) is 3.38. The second-order valence-electron chi connectivity index (χ2n) is 4.12. The second kappa shape index (κ2) is 6.18. The first-order valence-electron chi connectivity index (χ1n) is 5.52. The van der Waals surface area contributed by atoms with Crippen molar-refractivity contribution in [1.82, 2.24) is 4.83 Å². The van der Waals surface area contributed by atoms with E-state index in [1.807, 2.05) is 11.8 Å². The Balaban J connectivity index is 2.31. The molecule has 9 heteroatoms. The Kier molecular flexibility index (Phi) is 4.90. The zero-order chi connectivity index (χ0) is 15.8. The molecule has 0 aromatic heterocycles. The summed E-state index contributed by atoms with van der Waals surface area (Å²) in [7, 11) is -3.83. The van der Waals surface area contributed by atoms with E-state index in [2.05, 4.69) is 5.10 Å². The molecule has 0 unspecified atom stereocenters. The summed E-state index contributed by atoms with van der Waals surface area (Å²) in [6, 6.07) is 6.26. The second-order valence-corrected chi connectivity index (χ2v) is 7.30. The first-order valence-corrected chi connectivity index (χ1v) is 8.51. The molecule has 1 aromatic rings. The Morgan fingerprint density at radius 2 is 1.38 bits per heavy atom. The minimum Gasteiger partial charge on any atom is -0.200 e. The third-order valence-electron chi connectivity index (χ3n) is 2.60. The van der Waals surface area contributed by atoms with E-state index in [-0.39, 0.29) is 30.7 Å². The van der Waals surface area contributed by atoms with Crippen LogP contribution in [0.1, 0.15) is 5.56 Å². The van der Waals surface area contributed by atoms with Gasteiger partial charge in [-0.15, -0.1) is 0 Å². The van der Waals surface area contributed by atoms with Crippen molar-refractivity contribution in [3.05, 3.63) is 50.0 Å². The van der Waals surface area contributed by atoms with Crippen LogP contribution in [0.4, 0.5) is 0 Å². The van der Waals surface area contributed by atoms with E-state index in [1.165, 1.54) is 12.1 Å². The van der Waals surface area contributed by atoms with E-state index in [1.54, 1.807) is 12.1 Å². The van der Waals surface area contributed by atoms with Crippen molar-refractivity contribution in [3.8, 4) is 0 Å². The van der Waals surface area contributed by atoms with Gasteiger partial charge in [0, 0.05) is 0 Å². The van der Waals surface area contributed by atoms with Crippen LogP contribution in [-0.2, 0) is 10.0 Å². The van der Waals surface area contributed by atoms with Gasteiger partial charge in [-0.1, -0.05) is 64.1 Å². The minimum absolute atomic E-state index is 0.0155. The molecule has 0 fully saturated rings. The van der Waals surface area contributed by atoms with Crippen molar-refractivity contribution in [3.63, 3.8) is 0 Å². The van der Waals surface area contributed by atoms with Crippen LogP contribution in [0, 0.1) is 6.92 Å². The number of rotatable bonds is 3. The lowest BCUT2D eigenvalue weighted by molar-refractivity contribution is 0.584. The third-order valence-corrected chi connectivity index (χ3v) is 5.61. The highest BCUT2D eigenvalue weighted by Crippen LogP contribution is 2.39. The minimum atomic E-state index is -3.83. The molecule has 21 heavy (non-hydrogen) atoms. The van der Waals surface area contributed by atoms with Gasteiger partial charge in [-0.2, -0.15) is 18.4 Å². The fraction of sp³-hybridized carbons (Fsp3) is 0.0833. The normalized spacial score (nSPS) is 15.8. The van der Waals surface area contributed by atoms with Gasteiger partial charge in [0.25, 0.3) is 10.0 Å². The highest BCUT2D eigenvalue weighted by molar-refractivity contribution is 7.89. The molecule has 1 aliphatic rings. The smallest absolute Gasteiger partial charge is 0.200 e. The van der Waals surface area contributed by atoms with Crippen LogP contribution < -0.4 is 4.83 Å². The molecule has 0 amide bonds. The molecule has 0 saturated carbocycles. The van der Waals surface area contributed by atoms with E-state index in [4.69, 9.17) is 46.4 Å². The fourth-order valence-electron chi connectivity index (χ4n) is 1.47. The van der Waals surface area contributed by atoms with E-state index < -0.39 is 10.0 Å². The summed E-state index contributed by atoms with van der Waals surface area (Å²) >= 11 is 23.4.